The van der Waals surface area contributed by atoms with E-state index in [-0.39, 0.29) is 24.1 Å². The number of rotatable bonds is 3. The summed E-state index contributed by atoms with van der Waals surface area (Å²) in [6.45, 7) is 7.24. The molecule has 0 heterocycles. The van der Waals surface area contributed by atoms with Crippen LogP contribution in [0.3, 0.4) is 0 Å². The third-order valence-electron chi connectivity index (χ3n) is 3.70. The zero-order valence-electron chi connectivity index (χ0n) is 13.8. The number of nitrogens with two attached hydrogens (primary N) is 1. The summed E-state index contributed by atoms with van der Waals surface area (Å²) in [6.07, 6.45) is 3.07. The Morgan fingerprint density at radius 3 is 2.19 bits per heavy atom. The zero-order chi connectivity index (χ0) is 16.2. The molecule has 3 N–H and O–H groups in total. The normalized spacial score (nSPS) is 24.1. The molecule has 0 radical (unpaired) electrons. The number of hydrogen-bond acceptors (Lipinski definition) is 4. The van der Waals surface area contributed by atoms with Crippen molar-refractivity contribution in [3.05, 3.63) is 0 Å². The number of ether oxygens (including phenoxy) is 1. The van der Waals surface area contributed by atoms with Gasteiger partial charge in [-0.3, -0.25) is 4.79 Å². The Labute approximate surface area is 127 Å². The second-order valence-corrected chi connectivity index (χ2v) is 6.89. The summed E-state index contributed by atoms with van der Waals surface area (Å²) in [7, 11) is 1.80. The molecule has 1 fully saturated rings. The first-order valence-electron chi connectivity index (χ1n) is 7.62. The van der Waals surface area contributed by atoms with Crippen molar-refractivity contribution in [1.29, 1.82) is 0 Å². The van der Waals surface area contributed by atoms with E-state index in [1.54, 1.807) is 18.9 Å². The fourth-order valence-corrected chi connectivity index (χ4v) is 2.58. The molecule has 0 aromatic rings. The molecule has 1 aliphatic rings. The Bertz CT molecular complexity index is 369. The van der Waals surface area contributed by atoms with Gasteiger partial charge in [-0.1, -0.05) is 0 Å². The van der Waals surface area contributed by atoms with Gasteiger partial charge in [0.2, 0.25) is 5.91 Å². The SMILES string of the molecule is C[C@H](N)C(=O)N(C)C1CCC(NC(=O)OC(C)(C)C)CC1. The van der Waals surface area contributed by atoms with Crippen molar-refractivity contribution in [3.63, 3.8) is 0 Å². The maximum atomic E-state index is 11.9. The molecule has 0 aromatic carbocycles. The second kappa shape index (κ2) is 7.11. The van der Waals surface area contributed by atoms with Crippen LogP contribution < -0.4 is 11.1 Å². The first-order valence-corrected chi connectivity index (χ1v) is 7.62. The van der Waals surface area contributed by atoms with E-state index in [1.165, 1.54) is 0 Å². The number of carbonyl (C=O) groups excluding carboxylic acids is 2. The Hall–Kier alpha value is -1.30. The average molecular weight is 299 g/mol. The van der Waals surface area contributed by atoms with E-state index >= 15 is 0 Å². The van der Waals surface area contributed by atoms with Crippen LogP contribution in [0, 0.1) is 0 Å². The maximum absolute atomic E-state index is 11.9. The summed E-state index contributed by atoms with van der Waals surface area (Å²) in [6, 6.07) is -0.136. The minimum atomic E-state index is -0.481. The quantitative estimate of drug-likeness (QED) is 0.829. The van der Waals surface area contributed by atoms with E-state index in [4.69, 9.17) is 10.5 Å². The highest BCUT2D eigenvalue weighted by molar-refractivity contribution is 5.81. The Kier molecular flexibility index (Phi) is 6.01. The number of alkyl carbamates (subject to hydrolysis) is 1. The molecule has 1 rings (SSSR count). The third-order valence-corrected chi connectivity index (χ3v) is 3.70. The highest BCUT2D eigenvalue weighted by atomic mass is 16.6. The molecule has 0 unspecified atom stereocenters. The average Bonchev–Trinajstić information content (AvgIpc) is 2.35. The second-order valence-electron chi connectivity index (χ2n) is 6.89. The van der Waals surface area contributed by atoms with Crippen LogP contribution in [0.15, 0.2) is 0 Å². The van der Waals surface area contributed by atoms with Crippen molar-refractivity contribution in [3.8, 4) is 0 Å². The van der Waals surface area contributed by atoms with Gasteiger partial charge in [0.1, 0.15) is 5.60 Å². The van der Waals surface area contributed by atoms with E-state index in [2.05, 4.69) is 5.32 Å². The first kappa shape index (κ1) is 17.8. The van der Waals surface area contributed by atoms with Gasteiger partial charge < -0.3 is 20.7 Å². The number of amides is 2. The topological polar surface area (TPSA) is 84.7 Å². The maximum Gasteiger partial charge on any atom is 0.407 e. The lowest BCUT2D eigenvalue weighted by Crippen LogP contribution is -2.49. The lowest BCUT2D eigenvalue weighted by molar-refractivity contribution is -0.133. The summed E-state index contributed by atoms with van der Waals surface area (Å²) < 4.78 is 5.25. The largest absolute Gasteiger partial charge is 0.444 e. The van der Waals surface area contributed by atoms with Gasteiger partial charge in [-0.25, -0.2) is 4.79 Å². The lowest BCUT2D eigenvalue weighted by atomic mass is 9.90. The van der Waals surface area contributed by atoms with Gasteiger partial charge in [0.15, 0.2) is 0 Å². The molecular formula is C15H29N3O3. The summed E-state index contributed by atoms with van der Waals surface area (Å²) in [5, 5.41) is 2.90. The third kappa shape index (κ3) is 5.91. The van der Waals surface area contributed by atoms with Gasteiger partial charge >= 0.3 is 6.09 Å². The highest BCUT2D eigenvalue weighted by Crippen LogP contribution is 2.23. The monoisotopic (exact) mass is 299 g/mol. The van der Waals surface area contributed by atoms with Crippen molar-refractivity contribution >= 4 is 12.0 Å². The van der Waals surface area contributed by atoms with Crippen LogP contribution in [0.25, 0.3) is 0 Å². The van der Waals surface area contributed by atoms with E-state index in [0.717, 1.165) is 25.7 Å². The smallest absolute Gasteiger partial charge is 0.407 e. The van der Waals surface area contributed by atoms with E-state index < -0.39 is 11.6 Å². The molecule has 1 saturated carbocycles. The number of nitrogens with one attached hydrogen (secondary N) is 1. The van der Waals surface area contributed by atoms with Gasteiger partial charge in [-0.2, -0.15) is 0 Å². The Morgan fingerprint density at radius 2 is 1.76 bits per heavy atom. The van der Waals surface area contributed by atoms with Crippen LogP contribution in [0.1, 0.15) is 53.4 Å². The molecule has 0 aromatic heterocycles. The van der Waals surface area contributed by atoms with Crippen LogP contribution in [0.5, 0.6) is 0 Å². The molecule has 6 heteroatoms. The van der Waals surface area contributed by atoms with Gasteiger partial charge in [0, 0.05) is 19.1 Å². The van der Waals surface area contributed by atoms with E-state index in [1.807, 2.05) is 20.8 Å². The fraction of sp³-hybridized carbons (Fsp3) is 0.867. The number of hydrogen-bond donors (Lipinski definition) is 2. The molecule has 1 atom stereocenters. The van der Waals surface area contributed by atoms with Crippen LogP contribution >= 0.6 is 0 Å². The van der Waals surface area contributed by atoms with Crippen molar-refractivity contribution in [2.45, 2.75) is 77.1 Å². The molecule has 122 valence electrons. The summed E-state index contributed by atoms with van der Waals surface area (Å²) in [5.41, 5.74) is 5.15. The van der Waals surface area contributed by atoms with Gasteiger partial charge in [0.25, 0.3) is 0 Å². The summed E-state index contributed by atoms with van der Waals surface area (Å²) in [4.78, 5) is 25.3. The van der Waals surface area contributed by atoms with Crippen LogP contribution in [-0.2, 0) is 9.53 Å². The zero-order valence-corrected chi connectivity index (χ0v) is 13.8. The Balaban J connectivity index is 2.39. The molecular weight excluding hydrogens is 270 g/mol. The highest BCUT2D eigenvalue weighted by Gasteiger charge is 2.29. The van der Waals surface area contributed by atoms with Crippen LogP contribution in [0.2, 0.25) is 0 Å². The molecule has 2 amide bonds. The van der Waals surface area contributed by atoms with Crippen molar-refractivity contribution in [1.82, 2.24) is 10.2 Å². The van der Waals surface area contributed by atoms with E-state index in [9.17, 15) is 9.59 Å². The van der Waals surface area contributed by atoms with Crippen molar-refractivity contribution in [2.24, 2.45) is 5.73 Å². The fourth-order valence-electron chi connectivity index (χ4n) is 2.58. The molecule has 6 nitrogen and oxygen atoms in total. The summed E-state index contributed by atoms with van der Waals surface area (Å²) >= 11 is 0. The minimum absolute atomic E-state index is 0.0291. The molecule has 1 aliphatic carbocycles. The summed E-state index contributed by atoms with van der Waals surface area (Å²) in [5.74, 6) is -0.0291. The first-order chi connectivity index (χ1) is 9.60. The molecule has 0 bridgehead atoms. The van der Waals surface area contributed by atoms with Crippen LogP contribution in [0.4, 0.5) is 4.79 Å². The molecule has 0 aliphatic heterocycles. The lowest BCUT2D eigenvalue weighted by Gasteiger charge is -2.35. The van der Waals surface area contributed by atoms with Gasteiger partial charge in [0.05, 0.1) is 6.04 Å². The van der Waals surface area contributed by atoms with Gasteiger partial charge in [-0.05, 0) is 53.4 Å². The van der Waals surface area contributed by atoms with Gasteiger partial charge in [-0.15, -0.1) is 0 Å². The Morgan fingerprint density at radius 1 is 1.24 bits per heavy atom. The van der Waals surface area contributed by atoms with Crippen LogP contribution in [-0.4, -0.2) is 47.7 Å². The van der Waals surface area contributed by atoms with E-state index in [0.29, 0.717) is 0 Å². The standard InChI is InChI=1S/C15H29N3O3/c1-10(16)13(19)18(5)12-8-6-11(7-9-12)17-14(20)21-15(2,3)4/h10-12H,6-9,16H2,1-5H3,(H,17,20)/t10-,11?,12?/m0/s1. The molecule has 0 spiro atoms. The predicted molar refractivity (Wildman–Crippen MR) is 81.8 cm³/mol. The number of carbonyl (C=O) groups is 2. The number of nitrogens with zero attached hydrogens (tertiary/aromatic N) is 1. The van der Waals surface area contributed by atoms with Crippen molar-refractivity contribution in [2.75, 3.05) is 7.05 Å². The molecule has 0 saturated heterocycles. The minimum Gasteiger partial charge on any atom is -0.444 e. The number of likely N-dealkylation sites (N-methyl/N-ethyl adjacent to an activating group) is 1. The predicted octanol–water partition coefficient (Wildman–Crippen LogP) is 1.63. The van der Waals surface area contributed by atoms with Crippen molar-refractivity contribution < 1.29 is 14.3 Å². The molecule has 21 heavy (non-hydrogen) atoms.